The third-order valence-corrected chi connectivity index (χ3v) is 10.5. The van der Waals surface area contributed by atoms with Gasteiger partial charge in [-0.3, -0.25) is 0 Å². The predicted octanol–water partition coefficient (Wildman–Crippen LogP) is 15.7. The summed E-state index contributed by atoms with van der Waals surface area (Å²) in [5.74, 6) is 0. The van der Waals surface area contributed by atoms with E-state index >= 15 is 0 Å². The van der Waals surface area contributed by atoms with Gasteiger partial charge in [0.25, 0.3) is 0 Å². The van der Waals surface area contributed by atoms with Crippen LogP contribution in [0.25, 0.3) is 86.9 Å². The maximum atomic E-state index is 3.06. The first kappa shape index (κ1) is 44.4. The Bertz CT molecular complexity index is 2750. The zero-order chi connectivity index (χ0) is 35.9. The molecule has 0 amide bonds. The van der Waals surface area contributed by atoms with Crippen LogP contribution in [0.4, 0.5) is 0 Å². The molecular formula is C52H46Cl2SiZr-4. The van der Waals surface area contributed by atoms with Crippen LogP contribution >= 0.6 is 24.8 Å². The van der Waals surface area contributed by atoms with Crippen molar-refractivity contribution in [3.63, 3.8) is 0 Å². The molecule has 0 aliphatic carbocycles. The monoisotopic (exact) mass is 858 g/mol. The average molecular weight is 861 g/mol. The molecule has 0 nitrogen and oxygen atoms in total. The van der Waals surface area contributed by atoms with Gasteiger partial charge in [0.15, 0.2) is 0 Å². The molecule has 0 saturated heterocycles. The fourth-order valence-electron chi connectivity index (χ4n) is 8.17. The van der Waals surface area contributed by atoms with Gasteiger partial charge in [0.05, 0.1) is 0 Å². The van der Waals surface area contributed by atoms with Gasteiger partial charge in [0.1, 0.15) is 0 Å². The molecule has 0 N–H and O–H groups in total. The molecule has 4 heteroatoms. The van der Waals surface area contributed by atoms with Crippen LogP contribution in [0.2, 0.25) is 0 Å². The normalized spacial score (nSPS) is 10.4. The Labute approximate surface area is 361 Å². The van der Waals surface area contributed by atoms with E-state index in [-0.39, 0.29) is 39.7 Å². The van der Waals surface area contributed by atoms with Crippen molar-refractivity contribution in [2.24, 2.45) is 0 Å². The van der Waals surface area contributed by atoms with Gasteiger partial charge >= 0.3 is 30.2 Å². The predicted molar refractivity (Wildman–Crippen MR) is 252 cm³/mol. The molecule has 10 aromatic rings. The van der Waals surface area contributed by atoms with E-state index in [2.05, 4.69) is 192 Å². The number of halogens is 2. The van der Waals surface area contributed by atoms with Crippen molar-refractivity contribution >= 4 is 96.3 Å². The van der Waals surface area contributed by atoms with E-state index in [1.807, 2.05) is 0 Å². The quantitative estimate of drug-likeness (QED) is 0.0923. The van der Waals surface area contributed by atoms with Crippen molar-refractivity contribution in [3.05, 3.63) is 195 Å². The molecular weight excluding hydrogens is 815 g/mol. The number of benzene rings is 8. The van der Waals surface area contributed by atoms with Crippen LogP contribution in [0, 0.1) is 42.5 Å². The Morgan fingerprint density at radius 2 is 0.714 bits per heavy atom. The second-order valence-corrected chi connectivity index (χ2v) is 14.0. The Kier molecular flexibility index (Phi) is 14.9. The minimum absolute atomic E-state index is 0. The Balaban J connectivity index is 0.000000223. The number of aryl methyl sites for hydroxylation is 4. The Hall–Kier alpha value is -4.30. The van der Waals surface area contributed by atoms with E-state index in [1.165, 1.54) is 132 Å². The van der Waals surface area contributed by atoms with Gasteiger partial charge in [-0.15, -0.1) is 93.9 Å². The van der Waals surface area contributed by atoms with Crippen molar-refractivity contribution in [1.82, 2.24) is 0 Å². The number of hydrogen-bond donors (Lipinski definition) is 0. The molecule has 0 fully saturated rings. The third kappa shape index (κ3) is 8.23. The topological polar surface area (TPSA) is 0 Å². The average Bonchev–Trinajstić information content (AvgIpc) is 3.74. The van der Waals surface area contributed by atoms with Crippen LogP contribution in [0.15, 0.2) is 158 Å². The first-order chi connectivity index (χ1) is 25.4. The van der Waals surface area contributed by atoms with E-state index < -0.39 is 0 Å². The molecule has 0 atom stereocenters. The fourth-order valence-corrected chi connectivity index (χ4v) is 8.17. The molecule has 0 bridgehead atoms. The first-order valence-corrected chi connectivity index (χ1v) is 22.0. The van der Waals surface area contributed by atoms with E-state index in [0.29, 0.717) is 0 Å². The second-order valence-electron chi connectivity index (χ2n) is 14.0. The molecule has 0 aliphatic heterocycles. The SMILES string of the molecule is Cc1cc2c(-c3cccc4cc5ccccc5cc34)c(C)ccc2[cH-]1.Cc1cc2c(-c3cccc4cc5ccccc5cc34)c(C)ccc2[cH-]1.Cl.Cl.[CH3-].[CH3-].[Si]=[Zr]. The van der Waals surface area contributed by atoms with Gasteiger partial charge in [0.2, 0.25) is 0 Å². The van der Waals surface area contributed by atoms with E-state index in [0.717, 1.165) is 0 Å². The Morgan fingerprint density at radius 1 is 0.375 bits per heavy atom. The number of rotatable bonds is 2. The zero-order valence-corrected chi connectivity index (χ0v) is 37.9. The summed E-state index contributed by atoms with van der Waals surface area (Å²) in [7, 11) is 0. The molecule has 0 aromatic heterocycles. The standard InChI is InChI=1S/2C25H19.2CH3.2ClH.Si.Zr/c2*1-16-12-21-11-10-17(2)25(24(21)13-16)22-9-5-8-20-14-18-6-3-4-7-19(18)15-23(20)22;;;;;;/h2*3-15H,1-2H3;2*1H3;2*1H;;/q4*-1;;;;. The summed E-state index contributed by atoms with van der Waals surface area (Å²) in [6.07, 6.45) is 0. The van der Waals surface area contributed by atoms with Gasteiger partial charge < -0.3 is 14.9 Å². The van der Waals surface area contributed by atoms with Gasteiger partial charge in [-0.1, -0.05) is 121 Å². The summed E-state index contributed by atoms with van der Waals surface area (Å²) in [5, 5.41) is 15.8. The summed E-state index contributed by atoms with van der Waals surface area (Å²) >= 11 is 1.36. The summed E-state index contributed by atoms with van der Waals surface area (Å²) in [6.45, 7) is 11.9. The summed E-state index contributed by atoms with van der Waals surface area (Å²) in [5.41, 5.74) is 10.7. The van der Waals surface area contributed by atoms with Gasteiger partial charge in [0, 0.05) is 0 Å². The van der Waals surface area contributed by atoms with Gasteiger partial charge in [-0.25, -0.2) is 0 Å². The molecule has 0 heterocycles. The molecule has 0 aliphatic rings. The minimum atomic E-state index is 0. The fraction of sp³-hybridized carbons (Fsp3) is 0.0769. The third-order valence-electron chi connectivity index (χ3n) is 10.5. The first-order valence-electron chi connectivity index (χ1n) is 17.8. The molecule has 56 heavy (non-hydrogen) atoms. The summed E-state index contributed by atoms with van der Waals surface area (Å²) < 4.78 is 0. The molecule has 2 radical (unpaired) electrons. The van der Waals surface area contributed by atoms with Crippen molar-refractivity contribution in [1.29, 1.82) is 0 Å². The zero-order valence-electron chi connectivity index (χ0n) is 32.8. The van der Waals surface area contributed by atoms with Crippen LogP contribution in [-0.2, 0) is 23.3 Å². The number of fused-ring (bicyclic) bond motifs is 6. The van der Waals surface area contributed by atoms with Crippen molar-refractivity contribution in [3.8, 4) is 22.3 Å². The van der Waals surface area contributed by atoms with E-state index in [9.17, 15) is 0 Å². The maximum absolute atomic E-state index is 3.06. The van der Waals surface area contributed by atoms with Crippen LogP contribution in [0.5, 0.6) is 0 Å². The van der Waals surface area contributed by atoms with Crippen molar-refractivity contribution in [2.45, 2.75) is 27.7 Å². The Morgan fingerprint density at radius 3 is 1.09 bits per heavy atom. The van der Waals surface area contributed by atoms with Crippen LogP contribution in [0.1, 0.15) is 22.3 Å². The van der Waals surface area contributed by atoms with E-state index in [4.69, 9.17) is 0 Å². The van der Waals surface area contributed by atoms with Gasteiger partial charge in [-0.05, 0) is 92.3 Å². The molecule has 0 spiro atoms. The molecule has 10 aromatic carbocycles. The molecule has 280 valence electrons. The van der Waals surface area contributed by atoms with Gasteiger partial charge in [-0.2, -0.15) is 12.1 Å². The van der Waals surface area contributed by atoms with E-state index in [1.54, 1.807) is 0 Å². The van der Waals surface area contributed by atoms with Crippen LogP contribution < -0.4 is 0 Å². The van der Waals surface area contributed by atoms with Crippen molar-refractivity contribution < 1.29 is 23.3 Å². The molecule has 10 rings (SSSR count). The number of hydrogen-bond acceptors (Lipinski definition) is 0. The molecule has 0 saturated carbocycles. The summed E-state index contributed by atoms with van der Waals surface area (Å²) in [4.78, 5) is 0. The second kappa shape index (κ2) is 18.8. The molecule has 0 unspecified atom stereocenters. The summed E-state index contributed by atoms with van der Waals surface area (Å²) in [6, 6.07) is 58.0. The van der Waals surface area contributed by atoms with Crippen LogP contribution in [-0.4, -0.2) is 6.88 Å². The van der Waals surface area contributed by atoms with Crippen LogP contribution in [0.3, 0.4) is 0 Å². The van der Waals surface area contributed by atoms with Crippen molar-refractivity contribution in [2.75, 3.05) is 0 Å².